The Bertz CT molecular complexity index is 157. The molecule has 0 unspecified atom stereocenters. The monoisotopic (exact) mass is 185 g/mol. The zero-order valence-electron chi connectivity index (χ0n) is 8.58. The van der Waals surface area contributed by atoms with E-state index >= 15 is 0 Å². The highest BCUT2D eigenvalue weighted by Gasteiger charge is 2.05. The van der Waals surface area contributed by atoms with Crippen LogP contribution >= 0.6 is 0 Å². The van der Waals surface area contributed by atoms with Crippen molar-refractivity contribution < 1.29 is 9.59 Å². The van der Waals surface area contributed by atoms with Crippen molar-refractivity contribution in [2.45, 2.75) is 39.0 Å². The van der Waals surface area contributed by atoms with Crippen LogP contribution in [0.4, 0.5) is 0 Å². The first-order valence-electron chi connectivity index (χ1n) is 4.90. The van der Waals surface area contributed by atoms with Gasteiger partial charge in [0.05, 0.1) is 0 Å². The summed E-state index contributed by atoms with van der Waals surface area (Å²) in [6.07, 6.45) is 4.70. The Hall–Kier alpha value is -0.860. The minimum atomic E-state index is 0.188. The lowest BCUT2D eigenvalue weighted by Gasteiger charge is -2.15. The second-order valence-electron chi connectivity index (χ2n) is 3.23. The minimum absolute atomic E-state index is 0.188. The smallest absolute Gasteiger partial charge is 0.222 e. The molecule has 0 bridgehead atoms. The number of rotatable bonds is 7. The van der Waals surface area contributed by atoms with Gasteiger partial charge in [0.1, 0.15) is 6.29 Å². The van der Waals surface area contributed by atoms with Gasteiger partial charge in [-0.15, -0.1) is 0 Å². The van der Waals surface area contributed by atoms with E-state index in [1.54, 1.807) is 4.90 Å². The molecular formula is C10H19NO2. The Morgan fingerprint density at radius 2 is 2.08 bits per heavy atom. The van der Waals surface area contributed by atoms with Crippen LogP contribution in [0.25, 0.3) is 0 Å². The molecule has 0 aromatic heterocycles. The van der Waals surface area contributed by atoms with Crippen LogP contribution in [0.2, 0.25) is 0 Å². The van der Waals surface area contributed by atoms with Crippen LogP contribution in [0.3, 0.4) is 0 Å². The molecule has 1 amide bonds. The van der Waals surface area contributed by atoms with Crippen LogP contribution in [-0.4, -0.2) is 30.7 Å². The topological polar surface area (TPSA) is 37.4 Å². The van der Waals surface area contributed by atoms with Crippen molar-refractivity contribution >= 4 is 12.2 Å². The molecule has 3 heteroatoms. The zero-order chi connectivity index (χ0) is 10.1. The molecule has 0 aromatic carbocycles. The number of carbonyl (C=O) groups excluding carboxylic acids is 2. The van der Waals surface area contributed by atoms with Crippen molar-refractivity contribution in [3.8, 4) is 0 Å². The van der Waals surface area contributed by atoms with Gasteiger partial charge in [-0.3, -0.25) is 4.79 Å². The van der Waals surface area contributed by atoms with E-state index in [1.165, 1.54) is 0 Å². The summed E-state index contributed by atoms with van der Waals surface area (Å²) in [4.78, 5) is 23.1. The lowest BCUT2D eigenvalue weighted by atomic mass is 10.2. The number of aldehydes is 1. The molecule has 0 fully saturated rings. The summed E-state index contributed by atoms with van der Waals surface area (Å²) < 4.78 is 0. The maximum Gasteiger partial charge on any atom is 0.222 e. The molecule has 76 valence electrons. The predicted molar refractivity (Wildman–Crippen MR) is 52.5 cm³/mol. The summed E-state index contributed by atoms with van der Waals surface area (Å²) in [6, 6.07) is 0. The van der Waals surface area contributed by atoms with Gasteiger partial charge in [0, 0.05) is 26.4 Å². The molecule has 0 saturated carbocycles. The highest BCUT2D eigenvalue weighted by atomic mass is 16.2. The van der Waals surface area contributed by atoms with Crippen molar-refractivity contribution in [1.82, 2.24) is 4.90 Å². The third kappa shape index (κ3) is 6.31. The summed E-state index contributed by atoms with van der Waals surface area (Å²) in [5.74, 6) is 0.188. The summed E-state index contributed by atoms with van der Waals surface area (Å²) in [5.41, 5.74) is 0. The molecule has 0 aliphatic carbocycles. The van der Waals surface area contributed by atoms with Crippen molar-refractivity contribution in [2.75, 3.05) is 13.6 Å². The fourth-order valence-corrected chi connectivity index (χ4v) is 1.15. The molecule has 0 N–H and O–H groups in total. The minimum Gasteiger partial charge on any atom is -0.346 e. The van der Waals surface area contributed by atoms with Gasteiger partial charge in [0.2, 0.25) is 5.91 Å². The summed E-state index contributed by atoms with van der Waals surface area (Å²) in [6.45, 7) is 2.88. The van der Waals surface area contributed by atoms with Crippen LogP contribution in [0.5, 0.6) is 0 Å². The number of carbonyl (C=O) groups is 2. The molecule has 0 radical (unpaired) electrons. The van der Waals surface area contributed by atoms with Gasteiger partial charge < -0.3 is 9.69 Å². The van der Waals surface area contributed by atoms with Gasteiger partial charge >= 0.3 is 0 Å². The molecule has 0 aliphatic heterocycles. The number of amides is 1. The number of nitrogens with zero attached hydrogens (tertiary/aromatic N) is 1. The second kappa shape index (κ2) is 7.77. The Morgan fingerprint density at radius 3 is 2.62 bits per heavy atom. The van der Waals surface area contributed by atoms with Crippen molar-refractivity contribution in [1.29, 1.82) is 0 Å². The van der Waals surface area contributed by atoms with Crippen molar-refractivity contribution in [3.05, 3.63) is 0 Å². The molecule has 0 spiro atoms. The van der Waals surface area contributed by atoms with Gasteiger partial charge in [-0.1, -0.05) is 6.92 Å². The lowest BCUT2D eigenvalue weighted by Crippen LogP contribution is -2.26. The Kier molecular flexibility index (Phi) is 7.26. The van der Waals surface area contributed by atoms with E-state index in [0.717, 1.165) is 32.1 Å². The standard InChI is InChI=1S/C10H19NO2/c1-3-8-11(2)10(13)7-5-4-6-9-12/h9H,3-8H2,1-2H3. The first-order chi connectivity index (χ1) is 6.22. The first-order valence-corrected chi connectivity index (χ1v) is 4.90. The molecule has 0 atom stereocenters. The van der Waals surface area contributed by atoms with E-state index < -0.39 is 0 Å². The van der Waals surface area contributed by atoms with Gasteiger partial charge in [-0.25, -0.2) is 0 Å². The lowest BCUT2D eigenvalue weighted by molar-refractivity contribution is -0.130. The fraction of sp³-hybridized carbons (Fsp3) is 0.800. The third-order valence-electron chi connectivity index (χ3n) is 1.95. The Balaban J connectivity index is 3.43. The van der Waals surface area contributed by atoms with Gasteiger partial charge in [-0.2, -0.15) is 0 Å². The third-order valence-corrected chi connectivity index (χ3v) is 1.95. The molecular weight excluding hydrogens is 166 g/mol. The molecule has 0 aromatic rings. The number of hydrogen-bond acceptors (Lipinski definition) is 2. The molecule has 13 heavy (non-hydrogen) atoms. The molecule has 0 saturated heterocycles. The fourth-order valence-electron chi connectivity index (χ4n) is 1.15. The van der Waals surface area contributed by atoms with Gasteiger partial charge in [0.25, 0.3) is 0 Å². The number of unbranched alkanes of at least 4 members (excludes halogenated alkanes) is 2. The van der Waals surface area contributed by atoms with E-state index in [-0.39, 0.29) is 5.91 Å². The largest absolute Gasteiger partial charge is 0.346 e. The van der Waals surface area contributed by atoms with E-state index in [2.05, 4.69) is 6.92 Å². The van der Waals surface area contributed by atoms with E-state index in [0.29, 0.717) is 12.8 Å². The maximum absolute atomic E-state index is 11.3. The highest BCUT2D eigenvalue weighted by Crippen LogP contribution is 2.01. The quantitative estimate of drug-likeness (QED) is 0.446. The second-order valence-corrected chi connectivity index (χ2v) is 3.23. The molecule has 0 heterocycles. The Morgan fingerprint density at radius 1 is 1.38 bits per heavy atom. The van der Waals surface area contributed by atoms with E-state index in [1.807, 2.05) is 7.05 Å². The summed E-state index contributed by atoms with van der Waals surface area (Å²) in [7, 11) is 1.82. The zero-order valence-corrected chi connectivity index (χ0v) is 8.58. The van der Waals surface area contributed by atoms with Crippen LogP contribution in [-0.2, 0) is 9.59 Å². The SMILES string of the molecule is CCCN(C)C(=O)CCCCC=O. The summed E-state index contributed by atoms with van der Waals surface area (Å²) >= 11 is 0. The van der Waals surface area contributed by atoms with Crippen LogP contribution in [0.15, 0.2) is 0 Å². The van der Waals surface area contributed by atoms with Crippen LogP contribution < -0.4 is 0 Å². The molecule has 3 nitrogen and oxygen atoms in total. The van der Waals surface area contributed by atoms with Gasteiger partial charge in [-0.05, 0) is 19.3 Å². The molecule has 0 aliphatic rings. The van der Waals surface area contributed by atoms with Gasteiger partial charge in [0.15, 0.2) is 0 Å². The molecule has 0 rings (SSSR count). The number of hydrogen-bond donors (Lipinski definition) is 0. The average molecular weight is 185 g/mol. The summed E-state index contributed by atoms with van der Waals surface area (Å²) in [5, 5.41) is 0. The van der Waals surface area contributed by atoms with Crippen LogP contribution in [0.1, 0.15) is 39.0 Å². The first kappa shape index (κ1) is 12.1. The van der Waals surface area contributed by atoms with E-state index in [4.69, 9.17) is 0 Å². The van der Waals surface area contributed by atoms with Crippen molar-refractivity contribution in [3.63, 3.8) is 0 Å². The normalized spacial score (nSPS) is 9.69. The van der Waals surface area contributed by atoms with Crippen LogP contribution in [0, 0.1) is 0 Å². The maximum atomic E-state index is 11.3. The predicted octanol–water partition coefficient (Wildman–Crippen LogP) is 1.61. The average Bonchev–Trinajstić information content (AvgIpc) is 2.12. The Labute approximate surface area is 80.1 Å². The van der Waals surface area contributed by atoms with Crippen molar-refractivity contribution in [2.24, 2.45) is 0 Å². The highest BCUT2D eigenvalue weighted by molar-refractivity contribution is 5.75. The van der Waals surface area contributed by atoms with E-state index in [9.17, 15) is 9.59 Å².